The quantitative estimate of drug-likeness (QED) is 0.627. The first kappa shape index (κ1) is 11.5. The summed E-state index contributed by atoms with van der Waals surface area (Å²) < 4.78 is 0. The first-order valence-electron chi connectivity index (χ1n) is 5.16. The highest BCUT2D eigenvalue weighted by Crippen LogP contribution is 2.27. The first-order chi connectivity index (χ1) is 8.38. The average molecular weight is 244 g/mol. The second-order valence-electron chi connectivity index (χ2n) is 3.33. The Morgan fingerprint density at radius 3 is 2.18 bits per heavy atom. The van der Waals surface area contributed by atoms with Gasteiger partial charge in [0.05, 0.1) is 5.69 Å². The molecule has 0 bridgehead atoms. The molecule has 0 saturated carbocycles. The summed E-state index contributed by atoms with van der Waals surface area (Å²) in [6.07, 6.45) is 0.604. The molecular weight excluding hydrogens is 232 g/mol. The fourth-order valence-corrected chi connectivity index (χ4v) is 2.18. The minimum Gasteiger partial charge on any atom is -0.299 e. The molecule has 0 aliphatic rings. The van der Waals surface area contributed by atoms with Crippen LogP contribution in [0.1, 0.15) is 0 Å². The standard InChI is InChI=1S/C13H12N2OS/c16-10-14-15-11-6-8-13(9-7-11)17-12-4-2-1-3-5-12/h1-10,15H,(H,14,16). The van der Waals surface area contributed by atoms with Gasteiger partial charge in [0.15, 0.2) is 0 Å². The normalized spacial score (nSPS) is 9.65. The highest BCUT2D eigenvalue weighted by molar-refractivity contribution is 7.99. The molecule has 0 atom stereocenters. The smallest absolute Gasteiger partial charge is 0.225 e. The summed E-state index contributed by atoms with van der Waals surface area (Å²) in [4.78, 5) is 12.5. The maximum Gasteiger partial charge on any atom is 0.225 e. The van der Waals surface area contributed by atoms with E-state index >= 15 is 0 Å². The van der Waals surface area contributed by atoms with Crippen molar-refractivity contribution in [3.8, 4) is 0 Å². The fourth-order valence-electron chi connectivity index (χ4n) is 1.34. The Labute approximate surface area is 104 Å². The van der Waals surface area contributed by atoms with Gasteiger partial charge in [-0.3, -0.25) is 15.6 Å². The number of hydrazine groups is 1. The van der Waals surface area contributed by atoms with E-state index in [1.807, 2.05) is 42.5 Å². The lowest BCUT2D eigenvalue weighted by molar-refractivity contribution is -0.109. The molecule has 2 aromatic rings. The maximum absolute atomic E-state index is 10.1. The van der Waals surface area contributed by atoms with Crippen molar-refractivity contribution in [2.75, 3.05) is 5.43 Å². The highest BCUT2D eigenvalue weighted by atomic mass is 32.2. The molecule has 0 fully saturated rings. The largest absolute Gasteiger partial charge is 0.299 e. The van der Waals surface area contributed by atoms with Crippen LogP contribution in [0.5, 0.6) is 0 Å². The molecule has 17 heavy (non-hydrogen) atoms. The van der Waals surface area contributed by atoms with Crippen LogP contribution in [0.2, 0.25) is 0 Å². The van der Waals surface area contributed by atoms with Crippen molar-refractivity contribution in [3.05, 3.63) is 54.6 Å². The first-order valence-corrected chi connectivity index (χ1v) is 5.98. The third kappa shape index (κ3) is 3.53. The van der Waals surface area contributed by atoms with Gasteiger partial charge < -0.3 is 0 Å². The number of benzene rings is 2. The van der Waals surface area contributed by atoms with E-state index in [-0.39, 0.29) is 0 Å². The molecule has 0 spiro atoms. The number of carbonyl (C=O) groups excluding carboxylic acids is 1. The van der Waals surface area contributed by atoms with Crippen molar-refractivity contribution >= 4 is 23.9 Å². The number of rotatable bonds is 5. The zero-order valence-corrected chi connectivity index (χ0v) is 9.91. The second kappa shape index (κ2) is 5.96. The summed E-state index contributed by atoms with van der Waals surface area (Å²) in [6, 6.07) is 18.0. The topological polar surface area (TPSA) is 41.1 Å². The average Bonchev–Trinajstić information content (AvgIpc) is 2.39. The van der Waals surface area contributed by atoms with Crippen molar-refractivity contribution in [3.63, 3.8) is 0 Å². The molecule has 0 unspecified atom stereocenters. The van der Waals surface area contributed by atoms with Crippen LogP contribution in [0.3, 0.4) is 0 Å². The van der Waals surface area contributed by atoms with Crippen LogP contribution >= 0.6 is 11.8 Å². The van der Waals surface area contributed by atoms with Gasteiger partial charge in [-0.2, -0.15) is 0 Å². The molecule has 86 valence electrons. The lowest BCUT2D eigenvalue weighted by Gasteiger charge is -2.05. The number of hydrogen-bond donors (Lipinski definition) is 2. The van der Waals surface area contributed by atoms with Crippen LogP contribution in [0.25, 0.3) is 0 Å². The molecule has 3 nitrogen and oxygen atoms in total. The third-order valence-electron chi connectivity index (χ3n) is 2.11. The Kier molecular flexibility index (Phi) is 4.05. The Hall–Kier alpha value is -1.94. The molecule has 2 N–H and O–H groups in total. The van der Waals surface area contributed by atoms with E-state index in [4.69, 9.17) is 0 Å². The Balaban J connectivity index is 2.01. The lowest BCUT2D eigenvalue weighted by atomic mass is 10.3. The predicted molar refractivity (Wildman–Crippen MR) is 69.8 cm³/mol. The molecular formula is C13H12N2OS. The van der Waals surface area contributed by atoms with Crippen molar-refractivity contribution in [2.45, 2.75) is 9.79 Å². The van der Waals surface area contributed by atoms with Gasteiger partial charge in [0, 0.05) is 9.79 Å². The van der Waals surface area contributed by atoms with E-state index in [2.05, 4.69) is 23.0 Å². The van der Waals surface area contributed by atoms with E-state index in [9.17, 15) is 4.79 Å². The molecule has 0 aliphatic heterocycles. The summed E-state index contributed by atoms with van der Waals surface area (Å²) in [7, 11) is 0. The Morgan fingerprint density at radius 2 is 1.53 bits per heavy atom. The molecule has 0 radical (unpaired) electrons. The summed E-state index contributed by atoms with van der Waals surface area (Å²) in [6.45, 7) is 0. The monoisotopic (exact) mass is 244 g/mol. The van der Waals surface area contributed by atoms with Crippen molar-refractivity contribution in [2.24, 2.45) is 0 Å². The van der Waals surface area contributed by atoms with Crippen LogP contribution in [0.15, 0.2) is 64.4 Å². The van der Waals surface area contributed by atoms with Crippen molar-refractivity contribution < 1.29 is 4.79 Å². The number of carbonyl (C=O) groups is 1. The molecule has 0 saturated heterocycles. The lowest BCUT2D eigenvalue weighted by Crippen LogP contribution is -2.18. The van der Waals surface area contributed by atoms with E-state index in [0.29, 0.717) is 6.41 Å². The number of hydrogen-bond acceptors (Lipinski definition) is 3. The molecule has 0 aliphatic carbocycles. The van der Waals surface area contributed by atoms with Gasteiger partial charge in [-0.1, -0.05) is 30.0 Å². The molecule has 4 heteroatoms. The van der Waals surface area contributed by atoms with E-state index in [1.165, 1.54) is 4.90 Å². The van der Waals surface area contributed by atoms with Crippen LogP contribution in [0, 0.1) is 0 Å². The minimum atomic E-state index is 0.604. The Bertz CT molecular complexity index is 471. The number of amides is 1. The summed E-state index contributed by atoms with van der Waals surface area (Å²) in [5, 5.41) is 0. The van der Waals surface area contributed by atoms with Gasteiger partial charge in [-0.15, -0.1) is 0 Å². The van der Waals surface area contributed by atoms with E-state index < -0.39 is 0 Å². The summed E-state index contributed by atoms with van der Waals surface area (Å²) >= 11 is 1.70. The SMILES string of the molecule is O=CNNc1ccc(Sc2ccccc2)cc1. The molecule has 2 aromatic carbocycles. The zero-order chi connectivity index (χ0) is 11.9. The molecule has 0 heterocycles. The number of anilines is 1. The number of nitrogens with one attached hydrogen (secondary N) is 2. The summed E-state index contributed by atoms with van der Waals surface area (Å²) in [5.41, 5.74) is 6.01. The van der Waals surface area contributed by atoms with Crippen LogP contribution in [-0.2, 0) is 4.79 Å². The Morgan fingerprint density at radius 1 is 0.882 bits per heavy atom. The van der Waals surface area contributed by atoms with Crippen molar-refractivity contribution in [1.82, 2.24) is 5.43 Å². The third-order valence-corrected chi connectivity index (χ3v) is 3.12. The van der Waals surface area contributed by atoms with Gasteiger partial charge in [0.1, 0.15) is 0 Å². The summed E-state index contributed by atoms with van der Waals surface area (Å²) in [5.74, 6) is 0. The van der Waals surface area contributed by atoms with Gasteiger partial charge in [-0.05, 0) is 36.4 Å². The highest BCUT2D eigenvalue weighted by Gasteiger charge is 1.96. The second-order valence-corrected chi connectivity index (χ2v) is 4.47. The van der Waals surface area contributed by atoms with E-state index in [0.717, 1.165) is 10.6 Å². The van der Waals surface area contributed by atoms with Crippen LogP contribution in [-0.4, -0.2) is 6.41 Å². The molecule has 1 amide bonds. The van der Waals surface area contributed by atoms with Gasteiger partial charge >= 0.3 is 0 Å². The predicted octanol–water partition coefficient (Wildman–Crippen LogP) is 2.91. The fraction of sp³-hybridized carbons (Fsp3) is 0. The van der Waals surface area contributed by atoms with Gasteiger partial charge in [-0.25, -0.2) is 0 Å². The van der Waals surface area contributed by atoms with Crippen LogP contribution < -0.4 is 10.9 Å². The van der Waals surface area contributed by atoms with Gasteiger partial charge in [0.2, 0.25) is 6.41 Å². The minimum absolute atomic E-state index is 0.604. The van der Waals surface area contributed by atoms with Crippen LogP contribution in [0.4, 0.5) is 5.69 Å². The molecule has 2 rings (SSSR count). The zero-order valence-electron chi connectivity index (χ0n) is 9.09. The van der Waals surface area contributed by atoms with E-state index in [1.54, 1.807) is 11.8 Å². The molecule has 0 aromatic heterocycles. The van der Waals surface area contributed by atoms with Gasteiger partial charge in [0.25, 0.3) is 0 Å². The maximum atomic E-state index is 10.1. The van der Waals surface area contributed by atoms with Crippen molar-refractivity contribution in [1.29, 1.82) is 0 Å².